The van der Waals surface area contributed by atoms with Gasteiger partial charge in [-0.15, -0.1) is 0 Å². The van der Waals surface area contributed by atoms with Crippen LogP contribution in [0.15, 0.2) is 23.5 Å². The number of hydrogen-bond donors (Lipinski definition) is 0. The first-order chi connectivity index (χ1) is 9.85. The van der Waals surface area contributed by atoms with Gasteiger partial charge in [0, 0.05) is 23.8 Å². The number of anilines is 1. The lowest BCUT2D eigenvalue weighted by molar-refractivity contribution is 0.518. The lowest BCUT2D eigenvalue weighted by atomic mass is 9.82. The summed E-state index contributed by atoms with van der Waals surface area (Å²) in [6.45, 7) is 2.16. The van der Waals surface area contributed by atoms with Crippen LogP contribution < -0.4 is 4.90 Å². The Kier molecular flexibility index (Phi) is 3.01. The summed E-state index contributed by atoms with van der Waals surface area (Å²) < 4.78 is 0. The van der Waals surface area contributed by atoms with Crippen LogP contribution in [0.3, 0.4) is 0 Å². The highest BCUT2D eigenvalue weighted by molar-refractivity contribution is 5.47. The van der Waals surface area contributed by atoms with Gasteiger partial charge in [-0.2, -0.15) is 0 Å². The normalized spacial score (nSPS) is 28.8. The highest BCUT2D eigenvalue weighted by Crippen LogP contribution is 2.44. The molecule has 2 atom stereocenters. The van der Waals surface area contributed by atoms with Crippen molar-refractivity contribution in [1.82, 2.24) is 9.97 Å². The van der Waals surface area contributed by atoms with Gasteiger partial charge < -0.3 is 4.90 Å². The van der Waals surface area contributed by atoms with Crippen LogP contribution in [0.25, 0.3) is 0 Å². The van der Waals surface area contributed by atoms with Gasteiger partial charge in [0.05, 0.1) is 0 Å². The maximum Gasteiger partial charge on any atom is 0.132 e. The van der Waals surface area contributed by atoms with Crippen molar-refractivity contribution in [2.45, 2.75) is 70.4 Å². The first kappa shape index (κ1) is 12.4. The van der Waals surface area contributed by atoms with Crippen molar-refractivity contribution in [1.29, 1.82) is 0 Å². The van der Waals surface area contributed by atoms with Crippen molar-refractivity contribution in [3.63, 3.8) is 0 Å². The first-order valence-corrected chi connectivity index (χ1v) is 8.14. The summed E-state index contributed by atoms with van der Waals surface area (Å²) in [5.74, 6) is 1.17. The second-order valence-corrected chi connectivity index (χ2v) is 6.48. The van der Waals surface area contributed by atoms with Crippen LogP contribution in [0.1, 0.15) is 57.6 Å². The molecule has 4 rings (SSSR count). The van der Waals surface area contributed by atoms with Crippen LogP contribution in [0.2, 0.25) is 0 Å². The Morgan fingerprint density at radius 3 is 2.45 bits per heavy atom. The molecule has 0 spiro atoms. The number of aromatic nitrogens is 2. The van der Waals surface area contributed by atoms with Crippen LogP contribution in [-0.4, -0.2) is 22.1 Å². The van der Waals surface area contributed by atoms with Gasteiger partial charge in [0.15, 0.2) is 0 Å². The molecular formula is C17H23N3. The molecule has 3 heterocycles. The molecule has 2 unspecified atom stereocenters. The molecule has 20 heavy (non-hydrogen) atoms. The van der Waals surface area contributed by atoms with E-state index in [-0.39, 0.29) is 0 Å². The average Bonchev–Trinajstić information content (AvgIpc) is 2.68. The smallest absolute Gasteiger partial charge is 0.132 e. The van der Waals surface area contributed by atoms with Crippen molar-refractivity contribution in [2.24, 2.45) is 0 Å². The number of hydrogen-bond acceptors (Lipinski definition) is 3. The number of allylic oxidation sites excluding steroid dienone is 1. The van der Waals surface area contributed by atoms with Gasteiger partial charge in [-0.1, -0.05) is 18.1 Å². The van der Waals surface area contributed by atoms with E-state index in [1.54, 1.807) is 17.5 Å². The minimum Gasteiger partial charge on any atom is -0.350 e. The predicted molar refractivity (Wildman–Crippen MR) is 80.8 cm³/mol. The summed E-state index contributed by atoms with van der Waals surface area (Å²) in [6.07, 6.45) is 12.2. The minimum atomic E-state index is 0.691. The molecule has 2 bridgehead atoms. The van der Waals surface area contributed by atoms with Gasteiger partial charge in [0.25, 0.3) is 0 Å². The molecule has 0 amide bonds. The number of fused-ring (bicyclic) bond motifs is 2. The Balaban J connectivity index is 1.61. The first-order valence-electron chi connectivity index (χ1n) is 8.14. The van der Waals surface area contributed by atoms with E-state index in [2.05, 4.69) is 27.9 Å². The van der Waals surface area contributed by atoms with Gasteiger partial charge in [-0.25, -0.2) is 9.97 Å². The number of rotatable bonds is 2. The topological polar surface area (TPSA) is 29.0 Å². The summed E-state index contributed by atoms with van der Waals surface area (Å²) in [6, 6.07) is 3.58. The van der Waals surface area contributed by atoms with Gasteiger partial charge in [-0.05, 0) is 51.4 Å². The van der Waals surface area contributed by atoms with E-state index in [1.165, 1.54) is 50.8 Å². The molecule has 3 nitrogen and oxygen atoms in total. The molecule has 1 aromatic rings. The minimum absolute atomic E-state index is 0.691. The molecule has 0 radical (unpaired) electrons. The van der Waals surface area contributed by atoms with Gasteiger partial charge in [0.1, 0.15) is 12.1 Å². The molecule has 106 valence electrons. The Morgan fingerprint density at radius 2 is 1.85 bits per heavy atom. The maximum atomic E-state index is 4.55. The van der Waals surface area contributed by atoms with Gasteiger partial charge >= 0.3 is 0 Å². The second kappa shape index (κ2) is 4.87. The molecule has 0 N–H and O–H groups in total. The molecule has 0 aromatic carbocycles. The fourth-order valence-corrected chi connectivity index (χ4v) is 4.10. The van der Waals surface area contributed by atoms with Crippen LogP contribution in [0, 0.1) is 0 Å². The summed E-state index contributed by atoms with van der Waals surface area (Å²) in [7, 11) is 0. The lowest BCUT2D eigenvalue weighted by Crippen LogP contribution is -2.41. The Morgan fingerprint density at radius 1 is 1.10 bits per heavy atom. The summed E-state index contributed by atoms with van der Waals surface area (Å²) >= 11 is 0. The summed E-state index contributed by atoms with van der Waals surface area (Å²) in [5.41, 5.74) is 4.75. The van der Waals surface area contributed by atoms with Crippen molar-refractivity contribution in [3.8, 4) is 0 Å². The van der Waals surface area contributed by atoms with Crippen molar-refractivity contribution in [2.75, 3.05) is 4.90 Å². The van der Waals surface area contributed by atoms with Crippen molar-refractivity contribution >= 4 is 5.82 Å². The van der Waals surface area contributed by atoms with E-state index in [0.29, 0.717) is 12.1 Å². The van der Waals surface area contributed by atoms with Crippen LogP contribution >= 0.6 is 0 Å². The average molecular weight is 269 g/mol. The quantitative estimate of drug-likeness (QED) is 0.767. The maximum absolute atomic E-state index is 4.55. The highest BCUT2D eigenvalue weighted by atomic mass is 15.3. The lowest BCUT2D eigenvalue weighted by Gasteiger charge is -2.39. The fourth-order valence-electron chi connectivity index (χ4n) is 4.10. The molecule has 1 aromatic heterocycles. The standard InChI is InChI=1S/C17H23N3/c1-2-14-10-17(19-11-18-14)20-15-6-7-16(20)9-13(8-15)12-4-3-5-12/h10-11,15-16H,2-9H2,1H3. The predicted octanol–water partition coefficient (Wildman–Crippen LogP) is 3.65. The third-order valence-electron chi connectivity index (χ3n) is 5.38. The van der Waals surface area contributed by atoms with E-state index >= 15 is 0 Å². The number of nitrogens with zero attached hydrogens (tertiary/aromatic N) is 3. The molecule has 1 aliphatic carbocycles. The molecule has 3 aliphatic rings. The molecule has 3 fully saturated rings. The van der Waals surface area contributed by atoms with E-state index in [1.807, 2.05) is 0 Å². The second-order valence-electron chi connectivity index (χ2n) is 6.48. The Hall–Kier alpha value is -1.38. The van der Waals surface area contributed by atoms with Crippen LogP contribution in [-0.2, 0) is 6.42 Å². The molecule has 1 saturated carbocycles. The monoisotopic (exact) mass is 269 g/mol. The summed E-state index contributed by atoms with van der Waals surface area (Å²) in [5, 5.41) is 0. The van der Waals surface area contributed by atoms with E-state index in [0.717, 1.165) is 12.1 Å². The molecule has 3 heteroatoms. The third-order valence-corrected chi connectivity index (χ3v) is 5.38. The molecule has 2 aliphatic heterocycles. The van der Waals surface area contributed by atoms with Crippen molar-refractivity contribution < 1.29 is 0 Å². The van der Waals surface area contributed by atoms with Gasteiger partial charge in [0.2, 0.25) is 0 Å². The third kappa shape index (κ3) is 1.95. The molecular weight excluding hydrogens is 246 g/mol. The summed E-state index contributed by atoms with van der Waals surface area (Å²) in [4.78, 5) is 11.5. The zero-order chi connectivity index (χ0) is 13.5. The molecule has 2 saturated heterocycles. The van der Waals surface area contributed by atoms with E-state index in [4.69, 9.17) is 0 Å². The van der Waals surface area contributed by atoms with Crippen LogP contribution in [0.4, 0.5) is 5.82 Å². The zero-order valence-electron chi connectivity index (χ0n) is 12.3. The Bertz CT molecular complexity index is 527. The highest BCUT2D eigenvalue weighted by Gasteiger charge is 2.40. The number of aryl methyl sites for hydroxylation is 1. The zero-order valence-corrected chi connectivity index (χ0v) is 12.3. The van der Waals surface area contributed by atoms with E-state index < -0.39 is 0 Å². The fraction of sp³-hybridized carbons (Fsp3) is 0.647. The van der Waals surface area contributed by atoms with Crippen molar-refractivity contribution in [3.05, 3.63) is 29.2 Å². The van der Waals surface area contributed by atoms with Gasteiger partial charge in [-0.3, -0.25) is 0 Å². The van der Waals surface area contributed by atoms with Crippen LogP contribution in [0.5, 0.6) is 0 Å². The number of piperidine rings is 1. The van der Waals surface area contributed by atoms with E-state index in [9.17, 15) is 0 Å². The SMILES string of the molecule is CCc1cc(N2C3CCC2CC(=C2CCC2)C3)ncn1. The largest absolute Gasteiger partial charge is 0.350 e. The Labute approximate surface area is 121 Å².